The van der Waals surface area contributed by atoms with Crippen LogP contribution in [0.5, 0.6) is 0 Å². The van der Waals surface area contributed by atoms with Crippen LogP contribution in [0.2, 0.25) is 0 Å². The maximum atomic E-state index is 12.2. The quantitative estimate of drug-likeness (QED) is 0.785. The van der Waals surface area contributed by atoms with Gasteiger partial charge in [0.2, 0.25) is 0 Å². The summed E-state index contributed by atoms with van der Waals surface area (Å²) in [5, 5.41) is 2.79. The Kier molecular flexibility index (Phi) is 5.86. The lowest BCUT2D eigenvalue weighted by Gasteiger charge is -2.35. The van der Waals surface area contributed by atoms with Gasteiger partial charge >= 0.3 is 12.2 Å². The molecular formula is C18H33N3O4. The molecule has 0 aromatic heterocycles. The second kappa shape index (κ2) is 7.40. The molecule has 2 heterocycles. The second-order valence-electron chi connectivity index (χ2n) is 8.95. The van der Waals surface area contributed by atoms with Crippen LogP contribution >= 0.6 is 0 Å². The van der Waals surface area contributed by atoms with E-state index in [0.29, 0.717) is 12.6 Å². The van der Waals surface area contributed by atoms with Crippen LogP contribution in [0.3, 0.4) is 0 Å². The van der Waals surface area contributed by atoms with Crippen molar-refractivity contribution in [2.45, 2.75) is 77.7 Å². The van der Waals surface area contributed by atoms with Gasteiger partial charge in [-0.3, -0.25) is 4.90 Å². The van der Waals surface area contributed by atoms with Gasteiger partial charge in [-0.1, -0.05) is 0 Å². The minimum absolute atomic E-state index is 0.203. The van der Waals surface area contributed by atoms with Gasteiger partial charge in [-0.25, -0.2) is 9.59 Å². The summed E-state index contributed by atoms with van der Waals surface area (Å²) >= 11 is 0. The van der Waals surface area contributed by atoms with Crippen molar-refractivity contribution in [1.29, 1.82) is 0 Å². The molecule has 1 N–H and O–H groups in total. The van der Waals surface area contributed by atoms with Crippen molar-refractivity contribution in [1.82, 2.24) is 15.1 Å². The Hall–Kier alpha value is -1.50. The van der Waals surface area contributed by atoms with Gasteiger partial charge in [0.1, 0.15) is 11.2 Å². The molecule has 2 aliphatic heterocycles. The number of rotatable bonds is 4. The number of carbonyl (C=O) groups is 2. The molecule has 0 aromatic carbocycles. The zero-order valence-electron chi connectivity index (χ0n) is 16.4. The Morgan fingerprint density at radius 2 is 1.64 bits per heavy atom. The lowest BCUT2D eigenvalue weighted by atomic mass is 10.2. The van der Waals surface area contributed by atoms with Crippen LogP contribution in [0.15, 0.2) is 0 Å². The van der Waals surface area contributed by atoms with E-state index in [1.54, 1.807) is 0 Å². The molecule has 2 amide bonds. The van der Waals surface area contributed by atoms with Gasteiger partial charge in [-0.2, -0.15) is 0 Å². The molecule has 25 heavy (non-hydrogen) atoms. The van der Waals surface area contributed by atoms with Crippen molar-refractivity contribution in [2.24, 2.45) is 0 Å². The predicted molar refractivity (Wildman–Crippen MR) is 95.6 cm³/mol. The monoisotopic (exact) mass is 355 g/mol. The molecule has 2 unspecified atom stereocenters. The van der Waals surface area contributed by atoms with Gasteiger partial charge in [-0.05, 0) is 54.4 Å². The fraction of sp³-hybridized carbons (Fsp3) is 0.889. The van der Waals surface area contributed by atoms with Crippen LogP contribution in [0.4, 0.5) is 9.59 Å². The first kappa shape index (κ1) is 19.8. The number of alkyl carbamates (subject to hydrolysis) is 1. The first-order valence-corrected chi connectivity index (χ1v) is 9.15. The third kappa shape index (κ3) is 6.06. The van der Waals surface area contributed by atoms with E-state index in [0.717, 1.165) is 32.5 Å². The van der Waals surface area contributed by atoms with Crippen LogP contribution in [0.1, 0.15) is 54.4 Å². The number of amides is 2. The summed E-state index contributed by atoms with van der Waals surface area (Å²) in [6.07, 6.45) is 1.31. The fourth-order valence-electron chi connectivity index (χ4n) is 3.35. The molecule has 2 bridgehead atoms. The van der Waals surface area contributed by atoms with Crippen molar-refractivity contribution in [3.05, 3.63) is 0 Å². The number of hydrogen-bond donors (Lipinski definition) is 1. The van der Waals surface area contributed by atoms with Crippen molar-refractivity contribution < 1.29 is 19.1 Å². The van der Waals surface area contributed by atoms with E-state index in [1.807, 2.05) is 46.4 Å². The minimum Gasteiger partial charge on any atom is -0.444 e. The Bertz CT molecular complexity index is 496. The van der Waals surface area contributed by atoms with E-state index in [1.165, 1.54) is 0 Å². The highest BCUT2D eigenvalue weighted by Gasteiger charge is 2.46. The Balaban J connectivity index is 1.66. The number of hydrogen-bond acceptors (Lipinski definition) is 5. The van der Waals surface area contributed by atoms with Crippen LogP contribution in [0.25, 0.3) is 0 Å². The molecular weight excluding hydrogens is 322 g/mol. The number of nitrogens with zero attached hydrogens (tertiary/aromatic N) is 2. The highest BCUT2D eigenvalue weighted by molar-refractivity contribution is 5.69. The van der Waals surface area contributed by atoms with Crippen molar-refractivity contribution in [2.75, 3.05) is 26.2 Å². The molecule has 2 fully saturated rings. The molecule has 7 heteroatoms. The molecule has 0 radical (unpaired) electrons. The van der Waals surface area contributed by atoms with E-state index in [4.69, 9.17) is 9.47 Å². The average Bonchev–Trinajstić information content (AvgIpc) is 2.99. The Morgan fingerprint density at radius 1 is 1.00 bits per heavy atom. The van der Waals surface area contributed by atoms with Crippen molar-refractivity contribution in [3.8, 4) is 0 Å². The third-order valence-corrected chi connectivity index (χ3v) is 4.27. The molecule has 144 valence electrons. The largest absolute Gasteiger partial charge is 0.444 e. The van der Waals surface area contributed by atoms with Crippen LogP contribution in [0, 0.1) is 0 Å². The van der Waals surface area contributed by atoms with Gasteiger partial charge in [0.05, 0.1) is 0 Å². The number of nitrogens with one attached hydrogen (secondary N) is 1. The number of fused-ring (bicyclic) bond motifs is 2. The molecule has 0 aromatic rings. The molecule has 2 atom stereocenters. The van der Waals surface area contributed by atoms with Crippen molar-refractivity contribution in [3.63, 3.8) is 0 Å². The lowest BCUT2D eigenvalue weighted by molar-refractivity contribution is 0.0127. The van der Waals surface area contributed by atoms with E-state index < -0.39 is 11.2 Å². The Labute approximate surface area is 151 Å². The van der Waals surface area contributed by atoms with Crippen LogP contribution in [-0.4, -0.2) is 71.5 Å². The summed E-state index contributed by atoms with van der Waals surface area (Å²) < 4.78 is 10.7. The summed E-state index contributed by atoms with van der Waals surface area (Å²) in [4.78, 5) is 28.1. The van der Waals surface area contributed by atoms with Gasteiger partial charge in [0, 0.05) is 38.3 Å². The molecule has 2 rings (SSSR count). The SMILES string of the molecule is CC(C)(C)OC(=O)NCCCN1CC2CC1CN2C(=O)OC(C)(C)C. The van der Waals surface area contributed by atoms with E-state index in [9.17, 15) is 9.59 Å². The third-order valence-electron chi connectivity index (χ3n) is 4.27. The average molecular weight is 355 g/mol. The molecule has 0 spiro atoms. The maximum Gasteiger partial charge on any atom is 0.410 e. The van der Waals surface area contributed by atoms with Crippen LogP contribution < -0.4 is 5.32 Å². The van der Waals surface area contributed by atoms with E-state index in [-0.39, 0.29) is 18.2 Å². The lowest BCUT2D eigenvalue weighted by Crippen LogP contribution is -2.50. The highest BCUT2D eigenvalue weighted by Crippen LogP contribution is 2.31. The number of carbonyl (C=O) groups excluding carboxylic acids is 2. The summed E-state index contributed by atoms with van der Waals surface area (Å²) in [5.41, 5.74) is -0.921. The number of piperazine rings is 1. The standard InChI is InChI=1S/C18H33N3O4/c1-17(2,3)24-15(22)19-8-7-9-20-11-14-10-13(20)12-21(14)16(23)25-18(4,5)6/h13-14H,7-12H2,1-6H3,(H,19,22). The topological polar surface area (TPSA) is 71.1 Å². The van der Waals surface area contributed by atoms with Gasteiger partial charge in [-0.15, -0.1) is 0 Å². The van der Waals surface area contributed by atoms with Crippen LogP contribution in [-0.2, 0) is 9.47 Å². The summed E-state index contributed by atoms with van der Waals surface area (Å²) in [6, 6.07) is 0.651. The Morgan fingerprint density at radius 3 is 2.16 bits per heavy atom. The summed E-state index contributed by atoms with van der Waals surface area (Å²) in [6.45, 7) is 14.4. The van der Waals surface area contributed by atoms with Gasteiger partial charge in [0.25, 0.3) is 0 Å². The zero-order valence-corrected chi connectivity index (χ0v) is 16.4. The summed E-state index contributed by atoms with van der Waals surface area (Å²) in [5.74, 6) is 0. The molecule has 2 saturated heterocycles. The van der Waals surface area contributed by atoms with Gasteiger partial charge < -0.3 is 19.7 Å². The number of ether oxygens (including phenoxy) is 2. The molecule has 2 aliphatic rings. The fourth-order valence-corrected chi connectivity index (χ4v) is 3.35. The smallest absolute Gasteiger partial charge is 0.410 e. The minimum atomic E-state index is -0.469. The van der Waals surface area contributed by atoms with E-state index >= 15 is 0 Å². The predicted octanol–water partition coefficient (Wildman–Crippen LogP) is 2.59. The highest BCUT2D eigenvalue weighted by atomic mass is 16.6. The first-order chi connectivity index (χ1) is 11.4. The van der Waals surface area contributed by atoms with Gasteiger partial charge in [0.15, 0.2) is 0 Å². The maximum absolute atomic E-state index is 12.2. The first-order valence-electron chi connectivity index (χ1n) is 9.15. The normalized spacial score (nSPS) is 23.7. The second-order valence-corrected chi connectivity index (χ2v) is 8.95. The molecule has 0 saturated carbocycles. The molecule has 0 aliphatic carbocycles. The number of likely N-dealkylation sites (tertiary alicyclic amines) is 2. The molecule has 7 nitrogen and oxygen atoms in total. The summed E-state index contributed by atoms with van der Waals surface area (Å²) in [7, 11) is 0. The zero-order chi connectivity index (χ0) is 18.8. The van der Waals surface area contributed by atoms with E-state index in [2.05, 4.69) is 10.2 Å². The van der Waals surface area contributed by atoms with Crippen molar-refractivity contribution >= 4 is 12.2 Å².